The van der Waals surface area contributed by atoms with Crippen LogP contribution in [-0.4, -0.2) is 37.1 Å². The number of hydrogen-bond acceptors (Lipinski definition) is 3. The van der Waals surface area contributed by atoms with Gasteiger partial charge in [-0.15, -0.1) is 0 Å². The van der Waals surface area contributed by atoms with Crippen molar-refractivity contribution >= 4 is 0 Å². The van der Waals surface area contributed by atoms with Crippen LogP contribution in [0.3, 0.4) is 0 Å². The number of rotatable bonds is 9. The second-order valence-corrected chi connectivity index (χ2v) is 5.30. The number of hydrogen-bond donors (Lipinski definition) is 2. The quantitative estimate of drug-likeness (QED) is 0.461. The summed E-state index contributed by atoms with van der Waals surface area (Å²) in [5.41, 5.74) is 7.01. The van der Waals surface area contributed by atoms with Crippen LogP contribution in [0.15, 0.2) is 0 Å². The van der Waals surface area contributed by atoms with Gasteiger partial charge in [0.05, 0.1) is 0 Å². The number of nitrogens with zero attached hydrogens (tertiary/aromatic N) is 1. The first-order valence-corrected chi connectivity index (χ1v) is 7.05. The van der Waals surface area contributed by atoms with E-state index in [2.05, 4.69) is 29.6 Å². The fourth-order valence-electron chi connectivity index (χ4n) is 2.48. The molecule has 0 aromatic heterocycles. The Balaban J connectivity index is 1.55. The highest BCUT2D eigenvalue weighted by molar-refractivity contribution is 4.95. The molecule has 0 aromatic carbocycles. The van der Waals surface area contributed by atoms with E-state index in [4.69, 9.17) is 0 Å². The average molecular weight is 225 g/mol. The second-order valence-electron chi connectivity index (χ2n) is 5.30. The molecule has 2 aliphatic rings. The van der Waals surface area contributed by atoms with Gasteiger partial charge in [0.1, 0.15) is 0 Å². The Labute approximate surface area is 99.9 Å². The molecule has 0 saturated heterocycles. The summed E-state index contributed by atoms with van der Waals surface area (Å²) in [5.74, 6) is 1.96. The zero-order valence-electron chi connectivity index (χ0n) is 10.8. The predicted octanol–water partition coefficient (Wildman–Crippen LogP) is 1.61. The van der Waals surface area contributed by atoms with Gasteiger partial charge in [-0.2, -0.15) is 0 Å². The van der Waals surface area contributed by atoms with E-state index in [9.17, 15) is 0 Å². The van der Waals surface area contributed by atoms with E-state index in [1.54, 1.807) is 0 Å². The average Bonchev–Trinajstić information content (AvgIpc) is 3.17. The van der Waals surface area contributed by atoms with E-state index in [1.807, 2.05) is 0 Å². The van der Waals surface area contributed by atoms with Crippen LogP contribution in [0.1, 0.15) is 39.5 Å². The zero-order valence-corrected chi connectivity index (χ0v) is 10.8. The molecule has 0 aliphatic heterocycles. The lowest BCUT2D eigenvalue weighted by Gasteiger charge is -2.21. The molecule has 94 valence electrons. The van der Waals surface area contributed by atoms with Gasteiger partial charge in [-0.05, 0) is 50.6 Å². The first-order valence-electron chi connectivity index (χ1n) is 7.05. The van der Waals surface area contributed by atoms with Crippen LogP contribution < -0.4 is 10.9 Å². The highest BCUT2D eigenvalue weighted by Crippen LogP contribution is 2.44. The monoisotopic (exact) mass is 225 g/mol. The van der Waals surface area contributed by atoms with Gasteiger partial charge in [0.2, 0.25) is 0 Å². The standard InChI is InChI=1S/C13H27N3/c1-3-16(4-2)10-9-14-15-13(11-5-6-11)12-7-8-12/h11-15H,3-10H2,1-2H3. The molecule has 2 saturated carbocycles. The van der Waals surface area contributed by atoms with Crippen molar-refractivity contribution < 1.29 is 0 Å². The third-order valence-corrected chi connectivity index (χ3v) is 3.98. The molecule has 0 heterocycles. The van der Waals surface area contributed by atoms with Gasteiger partial charge in [-0.1, -0.05) is 13.8 Å². The Morgan fingerprint density at radius 2 is 1.62 bits per heavy atom. The van der Waals surface area contributed by atoms with Crippen LogP contribution in [0.25, 0.3) is 0 Å². The molecule has 0 amide bonds. The minimum atomic E-state index is 0.775. The van der Waals surface area contributed by atoms with E-state index < -0.39 is 0 Å². The van der Waals surface area contributed by atoms with Crippen molar-refractivity contribution in [3.8, 4) is 0 Å². The fourth-order valence-corrected chi connectivity index (χ4v) is 2.48. The van der Waals surface area contributed by atoms with Crippen molar-refractivity contribution in [1.29, 1.82) is 0 Å². The molecule has 0 aromatic rings. The summed E-state index contributed by atoms with van der Waals surface area (Å²) >= 11 is 0. The van der Waals surface area contributed by atoms with Crippen LogP contribution in [0.5, 0.6) is 0 Å². The van der Waals surface area contributed by atoms with Gasteiger partial charge in [0.15, 0.2) is 0 Å². The highest BCUT2D eigenvalue weighted by Gasteiger charge is 2.41. The van der Waals surface area contributed by atoms with Gasteiger partial charge >= 0.3 is 0 Å². The number of likely N-dealkylation sites (N-methyl/N-ethyl adjacent to an activating group) is 1. The molecule has 0 bridgehead atoms. The molecule has 0 unspecified atom stereocenters. The van der Waals surface area contributed by atoms with E-state index in [0.29, 0.717) is 0 Å². The third kappa shape index (κ3) is 3.72. The van der Waals surface area contributed by atoms with E-state index >= 15 is 0 Å². The van der Waals surface area contributed by atoms with Crippen molar-refractivity contribution in [2.24, 2.45) is 11.8 Å². The van der Waals surface area contributed by atoms with Gasteiger partial charge in [-0.3, -0.25) is 10.9 Å². The highest BCUT2D eigenvalue weighted by atomic mass is 15.4. The Bertz CT molecular complexity index is 183. The van der Waals surface area contributed by atoms with Crippen molar-refractivity contribution in [3.63, 3.8) is 0 Å². The maximum atomic E-state index is 3.57. The second kappa shape index (κ2) is 5.99. The Hall–Kier alpha value is -0.120. The largest absolute Gasteiger partial charge is 0.303 e. The van der Waals surface area contributed by atoms with Crippen molar-refractivity contribution in [3.05, 3.63) is 0 Å². The van der Waals surface area contributed by atoms with Gasteiger partial charge < -0.3 is 4.90 Å². The van der Waals surface area contributed by atoms with Crippen molar-refractivity contribution in [2.75, 3.05) is 26.2 Å². The molecule has 3 heteroatoms. The minimum absolute atomic E-state index is 0.775. The van der Waals surface area contributed by atoms with Gasteiger partial charge in [0.25, 0.3) is 0 Å². The molecule has 0 spiro atoms. The molecule has 0 atom stereocenters. The molecule has 2 rings (SSSR count). The van der Waals surface area contributed by atoms with E-state index in [1.165, 1.54) is 25.7 Å². The summed E-state index contributed by atoms with van der Waals surface area (Å²) < 4.78 is 0. The van der Waals surface area contributed by atoms with Crippen molar-refractivity contribution in [2.45, 2.75) is 45.6 Å². The minimum Gasteiger partial charge on any atom is -0.303 e. The molecule has 3 nitrogen and oxygen atoms in total. The first-order chi connectivity index (χ1) is 7.85. The van der Waals surface area contributed by atoms with Gasteiger partial charge in [0, 0.05) is 19.1 Å². The summed E-state index contributed by atoms with van der Waals surface area (Å²) in [4.78, 5) is 2.46. The molecular weight excluding hydrogens is 198 g/mol. The summed E-state index contributed by atoms with van der Waals surface area (Å²) in [6.07, 6.45) is 5.80. The molecular formula is C13H27N3. The van der Waals surface area contributed by atoms with Crippen LogP contribution in [-0.2, 0) is 0 Å². The lowest BCUT2D eigenvalue weighted by Crippen LogP contribution is -2.46. The Kier molecular flexibility index (Phi) is 4.62. The SMILES string of the molecule is CCN(CC)CCNNC(C1CC1)C1CC1. The summed E-state index contributed by atoms with van der Waals surface area (Å²) in [6.45, 7) is 9.00. The maximum Gasteiger partial charge on any atom is 0.0269 e. The summed E-state index contributed by atoms with van der Waals surface area (Å²) in [6, 6.07) is 0.775. The number of hydrazine groups is 1. The molecule has 2 aliphatic carbocycles. The molecule has 2 N–H and O–H groups in total. The fraction of sp³-hybridized carbons (Fsp3) is 1.00. The van der Waals surface area contributed by atoms with Crippen LogP contribution >= 0.6 is 0 Å². The first kappa shape index (κ1) is 12.3. The van der Waals surface area contributed by atoms with Gasteiger partial charge in [-0.25, -0.2) is 0 Å². The molecule has 16 heavy (non-hydrogen) atoms. The summed E-state index contributed by atoms with van der Waals surface area (Å²) in [7, 11) is 0. The van der Waals surface area contributed by atoms with Crippen LogP contribution in [0.4, 0.5) is 0 Å². The molecule has 0 radical (unpaired) electrons. The predicted molar refractivity (Wildman–Crippen MR) is 68.2 cm³/mol. The summed E-state index contributed by atoms with van der Waals surface area (Å²) in [5, 5.41) is 0. The smallest absolute Gasteiger partial charge is 0.0269 e. The zero-order chi connectivity index (χ0) is 11.4. The van der Waals surface area contributed by atoms with Crippen LogP contribution in [0, 0.1) is 11.8 Å². The van der Waals surface area contributed by atoms with Crippen LogP contribution in [0.2, 0.25) is 0 Å². The van der Waals surface area contributed by atoms with E-state index in [-0.39, 0.29) is 0 Å². The normalized spacial score (nSPS) is 21.0. The Morgan fingerprint density at radius 1 is 1.06 bits per heavy atom. The Morgan fingerprint density at radius 3 is 2.06 bits per heavy atom. The van der Waals surface area contributed by atoms with Crippen molar-refractivity contribution in [1.82, 2.24) is 15.8 Å². The lowest BCUT2D eigenvalue weighted by atomic mass is 10.1. The van der Waals surface area contributed by atoms with E-state index in [0.717, 1.165) is 44.1 Å². The molecule has 2 fully saturated rings. The third-order valence-electron chi connectivity index (χ3n) is 3.98. The lowest BCUT2D eigenvalue weighted by molar-refractivity contribution is 0.280. The topological polar surface area (TPSA) is 27.3 Å². The maximum absolute atomic E-state index is 3.57. The number of nitrogens with one attached hydrogen (secondary N) is 2.